The van der Waals surface area contributed by atoms with Crippen molar-refractivity contribution in [1.29, 1.82) is 5.26 Å². The molecule has 0 aromatic carbocycles. The van der Waals surface area contributed by atoms with Crippen LogP contribution in [0.1, 0.15) is 41.0 Å². The van der Waals surface area contributed by atoms with Gasteiger partial charge >= 0.3 is 12.1 Å². The first kappa shape index (κ1) is 19.6. The Morgan fingerprint density at radius 3 is 2.33 bits per heavy atom. The number of amides is 1. The van der Waals surface area contributed by atoms with Crippen LogP contribution in [0.15, 0.2) is 0 Å². The van der Waals surface area contributed by atoms with Gasteiger partial charge in [0, 0.05) is 5.75 Å². The Bertz CT molecular complexity index is 410. The predicted octanol–water partition coefficient (Wildman–Crippen LogP) is 2.64. The van der Waals surface area contributed by atoms with Gasteiger partial charge in [-0.05, 0) is 46.8 Å². The quantitative estimate of drug-likeness (QED) is 0.700. The Kier molecular flexibility index (Phi) is 7.58. The Morgan fingerprint density at radius 1 is 1.33 bits per heavy atom. The van der Waals surface area contributed by atoms with Gasteiger partial charge in [-0.1, -0.05) is 0 Å². The van der Waals surface area contributed by atoms with Gasteiger partial charge in [0.2, 0.25) is 0 Å². The number of hydrogen-bond acceptors (Lipinski definition) is 5. The monoisotopic (exact) mass is 316 g/mol. The summed E-state index contributed by atoms with van der Waals surface area (Å²) in [7, 11) is 0. The minimum absolute atomic E-state index is 0.232. The summed E-state index contributed by atoms with van der Waals surface area (Å²) in [6.45, 7) is 8.80. The van der Waals surface area contributed by atoms with Crippen LogP contribution in [0, 0.1) is 16.7 Å². The van der Waals surface area contributed by atoms with E-state index >= 15 is 0 Å². The van der Waals surface area contributed by atoms with E-state index in [4.69, 9.17) is 15.1 Å². The van der Waals surface area contributed by atoms with E-state index in [0.717, 1.165) is 0 Å². The Morgan fingerprint density at radius 2 is 1.90 bits per heavy atom. The summed E-state index contributed by atoms with van der Waals surface area (Å²) in [5.74, 6) is -0.218. The molecular weight excluding hydrogens is 292 g/mol. The molecule has 0 aliphatic carbocycles. The van der Waals surface area contributed by atoms with Gasteiger partial charge in [0.25, 0.3) is 0 Å². The van der Waals surface area contributed by atoms with E-state index in [1.165, 1.54) is 11.8 Å². The molecule has 1 amide bonds. The number of ether oxygens (including phenoxy) is 1. The minimum atomic E-state index is -1.10. The van der Waals surface area contributed by atoms with E-state index in [9.17, 15) is 9.59 Å². The molecular formula is C14H24N2O4S. The van der Waals surface area contributed by atoms with E-state index in [2.05, 4.69) is 11.4 Å². The van der Waals surface area contributed by atoms with Crippen LogP contribution < -0.4 is 5.32 Å². The number of nitrogens with one attached hydrogen (secondary N) is 1. The zero-order chi connectivity index (χ0) is 16.7. The van der Waals surface area contributed by atoms with Crippen LogP contribution in [0.5, 0.6) is 0 Å². The number of nitrogens with zero attached hydrogens (tertiary/aromatic N) is 1. The van der Waals surface area contributed by atoms with Gasteiger partial charge in [0.05, 0.1) is 11.5 Å². The van der Waals surface area contributed by atoms with Crippen LogP contribution in [0.4, 0.5) is 4.79 Å². The normalized spacial score (nSPS) is 13.1. The number of carbonyl (C=O) groups excluding carboxylic acids is 1. The fourth-order valence-corrected chi connectivity index (χ4v) is 2.49. The first-order valence-corrected chi connectivity index (χ1v) is 7.83. The lowest BCUT2D eigenvalue weighted by atomic mass is 9.93. The second-order valence-electron chi connectivity index (χ2n) is 6.36. The number of alkyl carbamates (subject to hydrolysis) is 1. The zero-order valence-corrected chi connectivity index (χ0v) is 14.0. The fraction of sp³-hybridized carbons (Fsp3) is 0.786. The average Bonchev–Trinajstić information content (AvgIpc) is 2.30. The Hall–Kier alpha value is -1.42. The zero-order valence-electron chi connectivity index (χ0n) is 13.2. The average molecular weight is 316 g/mol. The number of carbonyl (C=O) groups is 2. The minimum Gasteiger partial charge on any atom is -0.480 e. The van der Waals surface area contributed by atoms with Crippen molar-refractivity contribution in [3.8, 4) is 6.07 Å². The third-order valence-electron chi connectivity index (χ3n) is 2.45. The van der Waals surface area contributed by atoms with Crippen molar-refractivity contribution >= 4 is 23.8 Å². The highest BCUT2D eigenvalue weighted by atomic mass is 32.2. The van der Waals surface area contributed by atoms with Crippen molar-refractivity contribution in [3.63, 3.8) is 0 Å². The molecule has 0 heterocycles. The summed E-state index contributed by atoms with van der Waals surface area (Å²) in [5.41, 5.74) is -1.10. The molecule has 0 bridgehead atoms. The fourth-order valence-electron chi connectivity index (χ4n) is 1.21. The number of rotatable bonds is 7. The highest BCUT2D eigenvalue weighted by molar-refractivity contribution is 7.99. The number of carboxylic acids is 1. The first-order valence-electron chi connectivity index (χ1n) is 6.68. The molecule has 2 N–H and O–H groups in total. The molecule has 7 heteroatoms. The van der Waals surface area contributed by atoms with Crippen molar-refractivity contribution in [2.24, 2.45) is 5.41 Å². The standard InChI is InChI=1S/C14H24N2O4S/c1-13(2,3)20-12(19)16-10(11(17)18)8-21-7-6-14(4,5)9-15/h10H,6-8H2,1-5H3,(H,16,19)(H,17,18). The van der Waals surface area contributed by atoms with E-state index in [1.54, 1.807) is 20.8 Å². The van der Waals surface area contributed by atoms with E-state index in [0.29, 0.717) is 12.2 Å². The smallest absolute Gasteiger partial charge is 0.408 e. The summed E-state index contributed by atoms with van der Waals surface area (Å²) < 4.78 is 5.03. The summed E-state index contributed by atoms with van der Waals surface area (Å²) in [5, 5.41) is 20.3. The molecule has 0 spiro atoms. The maximum absolute atomic E-state index is 11.6. The lowest BCUT2D eigenvalue weighted by Crippen LogP contribution is -2.45. The molecule has 0 rings (SSSR count). The molecule has 0 fully saturated rings. The SMILES string of the molecule is CC(C)(C#N)CCSCC(NC(=O)OC(C)(C)C)C(=O)O. The molecule has 1 atom stereocenters. The van der Waals surface area contributed by atoms with Gasteiger partial charge in [0.15, 0.2) is 0 Å². The van der Waals surface area contributed by atoms with Crippen LogP contribution in [0.2, 0.25) is 0 Å². The van der Waals surface area contributed by atoms with Gasteiger partial charge < -0.3 is 15.2 Å². The number of thioether (sulfide) groups is 1. The molecule has 0 aromatic rings. The lowest BCUT2D eigenvalue weighted by Gasteiger charge is -2.22. The summed E-state index contributed by atoms with van der Waals surface area (Å²) in [6.07, 6.45) is -0.0831. The van der Waals surface area contributed by atoms with Gasteiger partial charge in [-0.3, -0.25) is 0 Å². The molecule has 0 saturated heterocycles. The Balaban J connectivity index is 4.25. The van der Waals surface area contributed by atoms with Crippen LogP contribution in [-0.4, -0.2) is 40.3 Å². The topological polar surface area (TPSA) is 99.4 Å². The second kappa shape index (κ2) is 8.13. The highest BCUT2D eigenvalue weighted by Crippen LogP contribution is 2.21. The molecule has 0 saturated carbocycles. The lowest BCUT2D eigenvalue weighted by molar-refractivity contribution is -0.138. The van der Waals surface area contributed by atoms with Crippen molar-refractivity contribution in [2.75, 3.05) is 11.5 Å². The first-order chi connectivity index (χ1) is 9.47. The summed E-state index contributed by atoms with van der Waals surface area (Å²) >= 11 is 1.39. The molecule has 6 nitrogen and oxygen atoms in total. The Labute approximate surface area is 130 Å². The molecule has 21 heavy (non-hydrogen) atoms. The van der Waals surface area contributed by atoms with Gasteiger partial charge in [0.1, 0.15) is 11.6 Å². The molecule has 0 aliphatic heterocycles. The number of carboxylic acid groups (broad SMARTS) is 1. The molecule has 120 valence electrons. The predicted molar refractivity (Wildman–Crippen MR) is 82.1 cm³/mol. The maximum Gasteiger partial charge on any atom is 0.408 e. The van der Waals surface area contributed by atoms with Crippen LogP contribution in [0.3, 0.4) is 0 Å². The van der Waals surface area contributed by atoms with Crippen LogP contribution in [0.25, 0.3) is 0 Å². The van der Waals surface area contributed by atoms with Crippen molar-refractivity contribution in [3.05, 3.63) is 0 Å². The van der Waals surface area contributed by atoms with Crippen LogP contribution in [-0.2, 0) is 9.53 Å². The van der Waals surface area contributed by atoms with Gasteiger partial charge in [-0.2, -0.15) is 17.0 Å². The maximum atomic E-state index is 11.6. The summed E-state index contributed by atoms with van der Waals surface area (Å²) in [6, 6.07) is 1.19. The third kappa shape index (κ3) is 10.0. The van der Waals surface area contributed by atoms with E-state index < -0.39 is 29.1 Å². The van der Waals surface area contributed by atoms with E-state index in [1.807, 2.05) is 13.8 Å². The molecule has 0 radical (unpaired) electrons. The van der Waals surface area contributed by atoms with Crippen LogP contribution >= 0.6 is 11.8 Å². The highest BCUT2D eigenvalue weighted by Gasteiger charge is 2.24. The number of nitriles is 1. The van der Waals surface area contributed by atoms with Gasteiger partial charge in [-0.15, -0.1) is 0 Å². The van der Waals surface area contributed by atoms with Crippen molar-refractivity contribution in [2.45, 2.75) is 52.7 Å². The number of hydrogen-bond donors (Lipinski definition) is 2. The van der Waals surface area contributed by atoms with Gasteiger partial charge in [-0.25, -0.2) is 9.59 Å². The van der Waals surface area contributed by atoms with Crippen molar-refractivity contribution < 1.29 is 19.4 Å². The second-order valence-corrected chi connectivity index (χ2v) is 7.51. The van der Waals surface area contributed by atoms with Crippen molar-refractivity contribution in [1.82, 2.24) is 5.32 Å². The van der Waals surface area contributed by atoms with E-state index in [-0.39, 0.29) is 5.75 Å². The number of aliphatic carboxylic acids is 1. The molecule has 0 aliphatic rings. The molecule has 1 unspecified atom stereocenters. The summed E-state index contributed by atoms with van der Waals surface area (Å²) in [4.78, 5) is 22.7. The molecule has 0 aromatic heterocycles. The third-order valence-corrected chi connectivity index (χ3v) is 3.51. The largest absolute Gasteiger partial charge is 0.480 e.